The number of halogens is 1. The van der Waals surface area contributed by atoms with Crippen LogP contribution in [0, 0.1) is 3.57 Å². The number of ether oxygens (including phenoxy) is 1. The number of rotatable bonds is 1. The number of hydrogen-bond acceptors (Lipinski definition) is 5. The van der Waals surface area contributed by atoms with E-state index in [4.69, 9.17) is 4.74 Å². The molecule has 1 fully saturated rings. The van der Waals surface area contributed by atoms with Gasteiger partial charge in [0.1, 0.15) is 17.0 Å². The third-order valence-electron chi connectivity index (χ3n) is 2.62. The van der Waals surface area contributed by atoms with Gasteiger partial charge in [-0.1, -0.05) is 0 Å². The van der Waals surface area contributed by atoms with Gasteiger partial charge in [-0.05, 0) is 22.6 Å². The van der Waals surface area contributed by atoms with Crippen molar-refractivity contribution in [1.29, 1.82) is 0 Å². The monoisotopic (exact) mass is 347 g/mol. The van der Waals surface area contributed by atoms with Crippen molar-refractivity contribution in [2.75, 3.05) is 31.2 Å². The molecule has 0 saturated carbocycles. The number of aromatic nitrogens is 2. The first-order valence-corrected chi connectivity index (χ1v) is 7.02. The van der Waals surface area contributed by atoms with Crippen LogP contribution in [0.5, 0.6) is 0 Å². The van der Waals surface area contributed by atoms with Gasteiger partial charge in [0, 0.05) is 22.0 Å². The van der Waals surface area contributed by atoms with E-state index >= 15 is 0 Å². The van der Waals surface area contributed by atoms with Gasteiger partial charge in [-0.2, -0.15) is 0 Å². The van der Waals surface area contributed by atoms with Gasteiger partial charge < -0.3 is 9.64 Å². The quantitative estimate of drug-likeness (QED) is 0.741. The Bertz CT molecular complexity index is 510. The summed E-state index contributed by atoms with van der Waals surface area (Å²) >= 11 is 4.02. The molecule has 2 aromatic heterocycles. The van der Waals surface area contributed by atoms with Crippen molar-refractivity contribution >= 4 is 50.0 Å². The van der Waals surface area contributed by atoms with Gasteiger partial charge in [0.2, 0.25) is 0 Å². The number of anilines is 1. The molecule has 0 unspecified atom stereocenters. The third-order valence-corrected chi connectivity index (χ3v) is 4.78. The highest BCUT2D eigenvalue weighted by Crippen LogP contribution is 2.32. The van der Waals surface area contributed by atoms with Crippen molar-refractivity contribution < 1.29 is 4.74 Å². The zero-order valence-corrected chi connectivity index (χ0v) is 11.5. The molecule has 0 spiro atoms. The van der Waals surface area contributed by atoms with Gasteiger partial charge in [-0.15, -0.1) is 11.3 Å². The lowest BCUT2D eigenvalue weighted by Gasteiger charge is -2.28. The summed E-state index contributed by atoms with van der Waals surface area (Å²) in [6.45, 7) is 3.40. The van der Waals surface area contributed by atoms with Crippen LogP contribution in [0.15, 0.2) is 11.7 Å². The summed E-state index contributed by atoms with van der Waals surface area (Å²) in [5.41, 5.74) is 0. The minimum absolute atomic E-state index is 0.784. The fourth-order valence-corrected chi connectivity index (χ4v) is 3.66. The average molecular weight is 347 g/mol. The molecule has 2 aromatic rings. The van der Waals surface area contributed by atoms with E-state index in [0.717, 1.165) is 37.0 Å². The molecule has 84 valence electrons. The Kier molecular flexibility index (Phi) is 2.95. The molecule has 4 nitrogen and oxygen atoms in total. The molecule has 1 saturated heterocycles. The van der Waals surface area contributed by atoms with Crippen LogP contribution < -0.4 is 4.90 Å². The molecule has 0 aromatic carbocycles. The first-order chi connectivity index (χ1) is 7.86. The van der Waals surface area contributed by atoms with Crippen molar-refractivity contribution in [2.45, 2.75) is 0 Å². The van der Waals surface area contributed by atoms with E-state index in [1.54, 1.807) is 17.7 Å². The highest BCUT2D eigenvalue weighted by atomic mass is 127. The first kappa shape index (κ1) is 10.7. The highest BCUT2D eigenvalue weighted by molar-refractivity contribution is 14.1. The molecule has 16 heavy (non-hydrogen) atoms. The molecule has 1 aliphatic rings. The van der Waals surface area contributed by atoms with E-state index in [1.807, 2.05) is 0 Å². The Hall–Kier alpha value is -0.470. The lowest BCUT2D eigenvalue weighted by molar-refractivity contribution is 0.122. The summed E-state index contributed by atoms with van der Waals surface area (Å²) < 4.78 is 6.60. The second kappa shape index (κ2) is 4.42. The minimum Gasteiger partial charge on any atom is -0.378 e. The number of nitrogens with zero attached hydrogens (tertiary/aromatic N) is 3. The maximum atomic E-state index is 5.36. The third kappa shape index (κ3) is 1.78. The van der Waals surface area contributed by atoms with Crippen molar-refractivity contribution in [2.24, 2.45) is 0 Å². The van der Waals surface area contributed by atoms with Crippen LogP contribution in [0.1, 0.15) is 0 Å². The molecule has 3 rings (SSSR count). The molecular formula is C10H10IN3OS. The molecule has 3 heterocycles. The summed E-state index contributed by atoms with van der Waals surface area (Å²) in [6.07, 6.45) is 1.65. The van der Waals surface area contributed by atoms with Crippen LogP contribution >= 0.6 is 33.9 Å². The maximum Gasteiger partial charge on any atom is 0.142 e. The summed E-state index contributed by atoms with van der Waals surface area (Å²) in [4.78, 5) is 12.1. The summed E-state index contributed by atoms with van der Waals surface area (Å²) in [5, 5.41) is 3.32. The molecule has 0 bridgehead atoms. The van der Waals surface area contributed by atoms with E-state index < -0.39 is 0 Å². The maximum absolute atomic E-state index is 5.36. The molecular weight excluding hydrogens is 337 g/mol. The van der Waals surface area contributed by atoms with Gasteiger partial charge in [0.15, 0.2) is 0 Å². The summed E-state index contributed by atoms with van der Waals surface area (Å²) in [7, 11) is 0. The van der Waals surface area contributed by atoms with E-state index in [2.05, 4.69) is 42.8 Å². The van der Waals surface area contributed by atoms with Crippen LogP contribution in [0.4, 0.5) is 5.82 Å². The van der Waals surface area contributed by atoms with E-state index in [-0.39, 0.29) is 0 Å². The number of hydrogen-bond donors (Lipinski definition) is 0. The van der Waals surface area contributed by atoms with Crippen LogP contribution in [0.3, 0.4) is 0 Å². The Balaban J connectivity index is 2.10. The van der Waals surface area contributed by atoms with Crippen molar-refractivity contribution in [3.63, 3.8) is 0 Å². The average Bonchev–Trinajstić information content (AvgIpc) is 2.73. The molecule has 6 heteroatoms. The predicted molar refractivity (Wildman–Crippen MR) is 73.2 cm³/mol. The van der Waals surface area contributed by atoms with Crippen molar-refractivity contribution in [3.8, 4) is 0 Å². The van der Waals surface area contributed by atoms with E-state index in [9.17, 15) is 0 Å². The fourth-order valence-electron chi connectivity index (χ4n) is 1.84. The van der Waals surface area contributed by atoms with Gasteiger partial charge in [0.05, 0.1) is 18.6 Å². The molecule has 0 aliphatic carbocycles. The molecule has 0 amide bonds. The van der Waals surface area contributed by atoms with Crippen molar-refractivity contribution in [1.82, 2.24) is 9.97 Å². The largest absolute Gasteiger partial charge is 0.378 e. The van der Waals surface area contributed by atoms with E-state index in [1.165, 1.54) is 8.96 Å². The number of fused-ring (bicyclic) bond motifs is 1. The molecule has 0 N–H and O–H groups in total. The number of morpholine rings is 1. The van der Waals surface area contributed by atoms with Gasteiger partial charge in [0.25, 0.3) is 0 Å². The normalized spacial score (nSPS) is 16.9. The first-order valence-electron chi connectivity index (χ1n) is 5.06. The Morgan fingerprint density at radius 2 is 2.12 bits per heavy atom. The zero-order valence-electron chi connectivity index (χ0n) is 8.52. The lowest BCUT2D eigenvalue weighted by atomic mass is 10.3. The standard InChI is InChI=1S/C10H10IN3OS/c11-7-5-16-10-8(7)9(12-6-13-10)14-1-3-15-4-2-14/h5-6H,1-4H2. The Morgan fingerprint density at radius 3 is 2.94 bits per heavy atom. The second-order valence-corrected chi connectivity index (χ2v) is 5.58. The van der Waals surface area contributed by atoms with Gasteiger partial charge >= 0.3 is 0 Å². The van der Waals surface area contributed by atoms with Crippen molar-refractivity contribution in [3.05, 3.63) is 15.3 Å². The van der Waals surface area contributed by atoms with E-state index in [0.29, 0.717) is 0 Å². The fraction of sp³-hybridized carbons (Fsp3) is 0.400. The minimum atomic E-state index is 0.784. The topological polar surface area (TPSA) is 38.2 Å². The molecule has 0 radical (unpaired) electrons. The molecule has 0 atom stereocenters. The summed E-state index contributed by atoms with van der Waals surface area (Å²) in [6, 6.07) is 0. The van der Waals surface area contributed by atoms with Gasteiger partial charge in [-0.3, -0.25) is 0 Å². The van der Waals surface area contributed by atoms with Crippen LogP contribution in [-0.2, 0) is 4.74 Å². The summed E-state index contributed by atoms with van der Waals surface area (Å²) in [5.74, 6) is 1.05. The second-order valence-electron chi connectivity index (χ2n) is 3.56. The lowest BCUT2D eigenvalue weighted by Crippen LogP contribution is -2.36. The van der Waals surface area contributed by atoms with Gasteiger partial charge in [-0.25, -0.2) is 9.97 Å². The Labute approximate surface area is 111 Å². The number of thiophene rings is 1. The molecule has 1 aliphatic heterocycles. The smallest absolute Gasteiger partial charge is 0.142 e. The predicted octanol–water partition coefficient (Wildman–Crippen LogP) is 2.13. The highest BCUT2D eigenvalue weighted by Gasteiger charge is 2.17. The van der Waals surface area contributed by atoms with Crippen LogP contribution in [-0.4, -0.2) is 36.3 Å². The zero-order chi connectivity index (χ0) is 11.0. The van der Waals surface area contributed by atoms with Crippen LogP contribution in [0.2, 0.25) is 0 Å². The Morgan fingerprint density at radius 1 is 1.31 bits per heavy atom. The SMILES string of the molecule is Ic1csc2ncnc(N3CCOCC3)c12. The van der Waals surface area contributed by atoms with Crippen LogP contribution in [0.25, 0.3) is 10.2 Å².